The van der Waals surface area contributed by atoms with E-state index in [2.05, 4.69) is 5.32 Å². The van der Waals surface area contributed by atoms with E-state index in [1.165, 1.54) is 6.07 Å². The highest BCUT2D eigenvalue weighted by molar-refractivity contribution is 5.94. The molecule has 1 unspecified atom stereocenters. The first-order chi connectivity index (χ1) is 10.9. The van der Waals surface area contributed by atoms with Crippen molar-refractivity contribution < 1.29 is 13.6 Å². The second-order valence-corrected chi connectivity index (χ2v) is 5.73. The van der Waals surface area contributed by atoms with E-state index in [1.807, 2.05) is 50.2 Å². The molecule has 2 aromatic rings. The summed E-state index contributed by atoms with van der Waals surface area (Å²) in [5, 5.41) is 2.77. The molecule has 1 amide bonds. The summed E-state index contributed by atoms with van der Waals surface area (Å²) >= 11 is 0. The Labute approximate surface area is 134 Å². The van der Waals surface area contributed by atoms with Gasteiger partial charge in [0.05, 0.1) is 6.04 Å². The van der Waals surface area contributed by atoms with Crippen molar-refractivity contribution in [2.24, 2.45) is 0 Å². The van der Waals surface area contributed by atoms with Gasteiger partial charge in [-0.3, -0.25) is 4.79 Å². The number of carbonyl (C=O) groups excluding carboxylic acids is 1. The first-order valence-electron chi connectivity index (χ1n) is 7.34. The quantitative estimate of drug-likeness (QED) is 0.917. The standard InChI is InChI=1S/C18H20F2N2O/c1-12-4-6-13(7-5-12)17(22(2)3)11-21-18(23)14-8-9-15(19)16(20)10-14/h4-10,17H,11H2,1-3H3,(H,21,23). The molecule has 0 aliphatic heterocycles. The van der Waals surface area contributed by atoms with Crippen molar-refractivity contribution in [3.05, 3.63) is 70.8 Å². The maximum atomic E-state index is 13.2. The number of rotatable bonds is 5. The van der Waals surface area contributed by atoms with Crippen molar-refractivity contribution in [1.82, 2.24) is 10.2 Å². The van der Waals surface area contributed by atoms with E-state index < -0.39 is 17.5 Å². The Morgan fingerprint density at radius 1 is 1.09 bits per heavy atom. The van der Waals surface area contributed by atoms with Gasteiger partial charge < -0.3 is 10.2 Å². The zero-order valence-electron chi connectivity index (χ0n) is 13.4. The second-order valence-electron chi connectivity index (χ2n) is 5.73. The van der Waals surface area contributed by atoms with Crippen LogP contribution in [-0.2, 0) is 0 Å². The summed E-state index contributed by atoms with van der Waals surface area (Å²) in [6.07, 6.45) is 0. The molecule has 2 rings (SSSR count). The van der Waals surface area contributed by atoms with Gasteiger partial charge in [0.2, 0.25) is 0 Å². The van der Waals surface area contributed by atoms with Gasteiger partial charge in [0, 0.05) is 12.1 Å². The number of benzene rings is 2. The summed E-state index contributed by atoms with van der Waals surface area (Å²) in [6.45, 7) is 2.38. The predicted molar refractivity (Wildman–Crippen MR) is 86.3 cm³/mol. The molecule has 0 radical (unpaired) electrons. The number of hydrogen-bond acceptors (Lipinski definition) is 2. The van der Waals surface area contributed by atoms with E-state index in [-0.39, 0.29) is 11.6 Å². The largest absolute Gasteiger partial charge is 0.350 e. The van der Waals surface area contributed by atoms with Gasteiger partial charge in [0.25, 0.3) is 5.91 Å². The highest BCUT2D eigenvalue weighted by Crippen LogP contribution is 2.18. The van der Waals surface area contributed by atoms with E-state index in [1.54, 1.807) is 0 Å². The van der Waals surface area contributed by atoms with Gasteiger partial charge in [0.1, 0.15) is 0 Å². The van der Waals surface area contributed by atoms with Gasteiger partial charge in [-0.25, -0.2) is 8.78 Å². The first-order valence-corrected chi connectivity index (χ1v) is 7.34. The number of nitrogens with one attached hydrogen (secondary N) is 1. The van der Waals surface area contributed by atoms with Gasteiger partial charge >= 0.3 is 0 Å². The molecule has 3 nitrogen and oxygen atoms in total. The Kier molecular flexibility index (Phi) is 5.45. The molecule has 0 spiro atoms. The van der Waals surface area contributed by atoms with Crippen LogP contribution in [0.1, 0.15) is 27.5 Å². The van der Waals surface area contributed by atoms with Crippen LogP contribution in [0.4, 0.5) is 8.78 Å². The van der Waals surface area contributed by atoms with Crippen LogP contribution in [0, 0.1) is 18.6 Å². The fraction of sp³-hybridized carbons (Fsp3) is 0.278. The number of carbonyl (C=O) groups is 1. The van der Waals surface area contributed by atoms with E-state index >= 15 is 0 Å². The maximum Gasteiger partial charge on any atom is 0.251 e. The van der Waals surface area contributed by atoms with Crippen molar-refractivity contribution >= 4 is 5.91 Å². The fourth-order valence-corrected chi connectivity index (χ4v) is 2.32. The minimum Gasteiger partial charge on any atom is -0.350 e. The zero-order valence-corrected chi connectivity index (χ0v) is 13.4. The summed E-state index contributed by atoms with van der Waals surface area (Å²) in [4.78, 5) is 14.1. The van der Waals surface area contributed by atoms with Crippen LogP contribution in [-0.4, -0.2) is 31.4 Å². The van der Waals surface area contributed by atoms with E-state index in [9.17, 15) is 13.6 Å². The summed E-state index contributed by atoms with van der Waals surface area (Å²) in [5.74, 6) is -2.42. The second kappa shape index (κ2) is 7.33. The highest BCUT2D eigenvalue weighted by atomic mass is 19.2. The molecule has 0 saturated heterocycles. The molecule has 1 N–H and O–H groups in total. The van der Waals surface area contributed by atoms with Gasteiger partial charge in [0.15, 0.2) is 11.6 Å². The molecule has 1 atom stereocenters. The maximum absolute atomic E-state index is 13.2. The number of amides is 1. The molecule has 0 fully saturated rings. The fourth-order valence-electron chi connectivity index (χ4n) is 2.32. The predicted octanol–water partition coefficient (Wildman–Crippen LogP) is 3.31. The summed E-state index contributed by atoms with van der Waals surface area (Å²) in [5.41, 5.74) is 2.34. The molecule has 122 valence electrons. The van der Waals surface area contributed by atoms with Crippen molar-refractivity contribution in [2.45, 2.75) is 13.0 Å². The van der Waals surface area contributed by atoms with E-state index in [4.69, 9.17) is 0 Å². The lowest BCUT2D eigenvalue weighted by atomic mass is 10.0. The SMILES string of the molecule is Cc1ccc(C(CNC(=O)c2ccc(F)c(F)c2)N(C)C)cc1. The molecular weight excluding hydrogens is 298 g/mol. The lowest BCUT2D eigenvalue weighted by Gasteiger charge is -2.25. The average Bonchev–Trinajstić information content (AvgIpc) is 2.51. The Hall–Kier alpha value is -2.27. The van der Waals surface area contributed by atoms with Crippen LogP contribution in [0.15, 0.2) is 42.5 Å². The van der Waals surface area contributed by atoms with Crippen LogP contribution in [0.2, 0.25) is 0 Å². The lowest BCUT2D eigenvalue weighted by Crippen LogP contribution is -2.34. The summed E-state index contributed by atoms with van der Waals surface area (Å²) < 4.78 is 26.1. The number of halogens is 2. The van der Waals surface area contributed by atoms with Gasteiger partial charge in [-0.15, -0.1) is 0 Å². The molecule has 2 aromatic carbocycles. The third-order valence-electron chi connectivity index (χ3n) is 3.72. The minimum absolute atomic E-state index is 0.00940. The third-order valence-corrected chi connectivity index (χ3v) is 3.72. The molecule has 0 bridgehead atoms. The normalized spacial score (nSPS) is 12.3. The number of nitrogens with zero attached hydrogens (tertiary/aromatic N) is 1. The van der Waals surface area contributed by atoms with E-state index in [0.717, 1.165) is 23.3 Å². The van der Waals surface area contributed by atoms with Crippen LogP contribution in [0.5, 0.6) is 0 Å². The average molecular weight is 318 g/mol. The summed E-state index contributed by atoms with van der Waals surface area (Å²) in [6, 6.07) is 11.2. The molecule has 5 heteroatoms. The Morgan fingerprint density at radius 2 is 1.74 bits per heavy atom. The number of hydrogen-bond donors (Lipinski definition) is 1. The minimum atomic E-state index is -1.03. The Morgan fingerprint density at radius 3 is 2.30 bits per heavy atom. The number of aryl methyl sites for hydroxylation is 1. The monoisotopic (exact) mass is 318 g/mol. The van der Waals surface area contributed by atoms with Crippen LogP contribution in [0.25, 0.3) is 0 Å². The van der Waals surface area contributed by atoms with Crippen LogP contribution >= 0.6 is 0 Å². The molecule has 0 aliphatic rings. The third kappa shape index (κ3) is 4.36. The van der Waals surface area contributed by atoms with Crippen LogP contribution < -0.4 is 5.32 Å². The topological polar surface area (TPSA) is 32.3 Å². The molecule has 0 heterocycles. The molecule has 23 heavy (non-hydrogen) atoms. The highest BCUT2D eigenvalue weighted by Gasteiger charge is 2.16. The number of likely N-dealkylation sites (N-methyl/N-ethyl adjacent to an activating group) is 1. The van der Waals surface area contributed by atoms with Crippen molar-refractivity contribution in [2.75, 3.05) is 20.6 Å². The Balaban J connectivity index is 2.07. The molecule has 0 aromatic heterocycles. The molecular formula is C18H20F2N2O. The Bertz CT molecular complexity index is 684. The van der Waals surface area contributed by atoms with Crippen LogP contribution in [0.3, 0.4) is 0 Å². The first kappa shape index (κ1) is 17.1. The van der Waals surface area contributed by atoms with Gasteiger partial charge in [-0.2, -0.15) is 0 Å². The zero-order chi connectivity index (χ0) is 17.0. The van der Waals surface area contributed by atoms with E-state index in [0.29, 0.717) is 6.54 Å². The van der Waals surface area contributed by atoms with Crippen molar-refractivity contribution in [3.8, 4) is 0 Å². The van der Waals surface area contributed by atoms with Crippen molar-refractivity contribution in [3.63, 3.8) is 0 Å². The molecule has 0 saturated carbocycles. The summed E-state index contributed by atoms with van der Waals surface area (Å²) in [7, 11) is 3.85. The van der Waals surface area contributed by atoms with Gasteiger partial charge in [-0.05, 0) is 44.8 Å². The van der Waals surface area contributed by atoms with Crippen molar-refractivity contribution in [1.29, 1.82) is 0 Å². The molecule has 0 aliphatic carbocycles. The lowest BCUT2D eigenvalue weighted by molar-refractivity contribution is 0.0941. The smallest absolute Gasteiger partial charge is 0.251 e. The van der Waals surface area contributed by atoms with Gasteiger partial charge in [-0.1, -0.05) is 29.8 Å².